The third-order valence-electron chi connectivity index (χ3n) is 4.56. The minimum Gasteiger partial charge on any atom is -0.279 e. The first kappa shape index (κ1) is 19.9. The van der Waals surface area contributed by atoms with Crippen LogP contribution in [0.25, 0.3) is 0 Å². The van der Waals surface area contributed by atoms with Gasteiger partial charge >= 0.3 is 0 Å². The fourth-order valence-electron chi connectivity index (χ4n) is 2.55. The van der Waals surface area contributed by atoms with E-state index < -0.39 is 0 Å². The lowest BCUT2D eigenvalue weighted by Crippen LogP contribution is -2.39. The lowest BCUT2D eigenvalue weighted by atomic mass is 9.73. The maximum atomic E-state index is 12.6. The number of rotatable bonds is 7. The topological polar surface area (TPSA) is 37.4 Å². The molecule has 0 aromatic carbocycles. The zero-order valence-corrected chi connectivity index (χ0v) is 15.1. The van der Waals surface area contributed by atoms with E-state index in [9.17, 15) is 9.59 Å². The first-order valence-electron chi connectivity index (χ1n) is 8.10. The van der Waals surface area contributed by atoms with Crippen molar-refractivity contribution in [2.24, 2.45) is 17.3 Å². The van der Waals surface area contributed by atoms with Crippen molar-refractivity contribution in [2.45, 2.75) is 68.2 Å². The predicted octanol–water partition coefficient (Wildman–Crippen LogP) is 4.43. The standard InChI is InChI=1S/C18H33NO2/c1-9-15(6)18(8,10-2)11-14(5)17(21)19(16(7)20)12-13(3)4/h11,13,15H,9-10,12H2,1-8H3/b14-11+/t15-,18?/m0/s1. The SMILES string of the molecule is CC[C@H](C)C(C)(/C=C(\C)C(=O)N(CC(C)C)C(C)=O)CC. The van der Waals surface area contributed by atoms with Gasteiger partial charge in [-0.05, 0) is 30.6 Å². The van der Waals surface area contributed by atoms with Crippen molar-refractivity contribution in [3.8, 4) is 0 Å². The van der Waals surface area contributed by atoms with Crippen LogP contribution in [0.4, 0.5) is 0 Å². The Kier molecular flexibility index (Phi) is 7.91. The second-order valence-corrected chi connectivity index (χ2v) is 6.82. The van der Waals surface area contributed by atoms with E-state index in [2.05, 4.69) is 33.8 Å². The van der Waals surface area contributed by atoms with E-state index in [0.29, 0.717) is 18.0 Å². The summed E-state index contributed by atoms with van der Waals surface area (Å²) in [6.45, 7) is 16.5. The fraction of sp³-hybridized carbons (Fsp3) is 0.778. The number of hydrogen-bond acceptors (Lipinski definition) is 2. The quantitative estimate of drug-likeness (QED) is 0.652. The van der Waals surface area contributed by atoms with Gasteiger partial charge in [0.05, 0.1) is 0 Å². The minimum absolute atomic E-state index is 0.00518. The van der Waals surface area contributed by atoms with Crippen LogP contribution in [-0.4, -0.2) is 23.3 Å². The van der Waals surface area contributed by atoms with Gasteiger partial charge in [-0.25, -0.2) is 0 Å². The highest BCUT2D eigenvalue weighted by Gasteiger charge is 2.28. The fourth-order valence-corrected chi connectivity index (χ4v) is 2.55. The molecule has 2 atom stereocenters. The largest absolute Gasteiger partial charge is 0.279 e. The van der Waals surface area contributed by atoms with Crippen LogP contribution in [-0.2, 0) is 9.59 Å². The third kappa shape index (κ3) is 5.64. The third-order valence-corrected chi connectivity index (χ3v) is 4.56. The molecule has 0 fully saturated rings. The molecule has 0 heterocycles. The van der Waals surface area contributed by atoms with Gasteiger partial charge < -0.3 is 0 Å². The summed E-state index contributed by atoms with van der Waals surface area (Å²) in [5, 5.41) is 0. The number of hydrogen-bond donors (Lipinski definition) is 0. The first-order chi connectivity index (χ1) is 9.58. The Hall–Kier alpha value is -1.12. The van der Waals surface area contributed by atoms with Crippen LogP contribution in [0.1, 0.15) is 68.2 Å². The van der Waals surface area contributed by atoms with Crippen molar-refractivity contribution in [3.63, 3.8) is 0 Å². The molecule has 0 aromatic heterocycles. The van der Waals surface area contributed by atoms with Gasteiger partial charge in [-0.15, -0.1) is 0 Å². The van der Waals surface area contributed by atoms with Crippen molar-refractivity contribution >= 4 is 11.8 Å². The van der Waals surface area contributed by atoms with E-state index in [4.69, 9.17) is 0 Å². The Morgan fingerprint density at radius 2 is 1.67 bits per heavy atom. The molecular formula is C18H33NO2. The maximum absolute atomic E-state index is 12.6. The van der Waals surface area contributed by atoms with Crippen LogP contribution >= 0.6 is 0 Å². The van der Waals surface area contributed by atoms with Crippen LogP contribution < -0.4 is 0 Å². The van der Waals surface area contributed by atoms with Gasteiger partial charge in [-0.2, -0.15) is 0 Å². The summed E-state index contributed by atoms with van der Waals surface area (Å²) in [6, 6.07) is 0. The van der Waals surface area contributed by atoms with Gasteiger partial charge in [-0.3, -0.25) is 14.5 Å². The van der Waals surface area contributed by atoms with Crippen LogP contribution in [0, 0.1) is 17.3 Å². The molecule has 0 aliphatic rings. The Morgan fingerprint density at radius 1 is 1.14 bits per heavy atom. The average Bonchev–Trinajstić information content (AvgIpc) is 2.42. The molecule has 3 nitrogen and oxygen atoms in total. The normalized spacial score (nSPS) is 16.5. The molecule has 0 radical (unpaired) electrons. The molecule has 3 heteroatoms. The summed E-state index contributed by atoms with van der Waals surface area (Å²) in [7, 11) is 0. The van der Waals surface area contributed by atoms with Gasteiger partial charge in [0.25, 0.3) is 5.91 Å². The molecule has 1 unspecified atom stereocenters. The maximum Gasteiger partial charge on any atom is 0.255 e. The number of nitrogens with zero attached hydrogens (tertiary/aromatic N) is 1. The lowest BCUT2D eigenvalue weighted by Gasteiger charge is -2.32. The summed E-state index contributed by atoms with van der Waals surface area (Å²) in [6.07, 6.45) is 4.13. The van der Waals surface area contributed by atoms with Crippen molar-refractivity contribution in [1.82, 2.24) is 4.90 Å². The smallest absolute Gasteiger partial charge is 0.255 e. The number of allylic oxidation sites excluding steroid dienone is 1. The number of carbonyl (C=O) groups excluding carboxylic acids is 2. The van der Waals surface area contributed by atoms with Gasteiger partial charge in [0.15, 0.2) is 0 Å². The van der Waals surface area contributed by atoms with Crippen LogP contribution in [0.15, 0.2) is 11.6 Å². The van der Waals surface area contributed by atoms with E-state index in [-0.39, 0.29) is 23.1 Å². The van der Waals surface area contributed by atoms with Crippen molar-refractivity contribution in [1.29, 1.82) is 0 Å². The highest BCUT2D eigenvalue weighted by Crippen LogP contribution is 2.35. The number of carbonyl (C=O) groups is 2. The summed E-state index contributed by atoms with van der Waals surface area (Å²) in [5.41, 5.74) is 0.671. The highest BCUT2D eigenvalue weighted by atomic mass is 16.2. The molecule has 21 heavy (non-hydrogen) atoms. The van der Waals surface area contributed by atoms with Gasteiger partial charge in [-0.1, -0.05) is 54.0 Å². The molecule has 0 aromatic rings. The zero-order valence-electron chi connectivity index (χ0n) is 15.1. The monoisotopic (exact) mass is 295 g/mol. The Morgan fingerprint density at radius 3 is 2.00 bits per heavy atom. The van der Waals surface area contributed by atoms with Crippen LogP contribution in [0.5, 0.6) is 0 Å². The van der Waals surface area contributed by atoms with Crippen molar-refractivity contribution < 1.29 is 9.59 Å². The Bertz CT molecular complexity index is 398. The molecule has 2 amide bonds. The van der Waals surface area contributed by atoms with Crippen LogP contribution in [0.3, 0.4) is 0 Å². The van der Waals surface area contributed by atoms with E-state index in [1.54, 1.807) is 0 Å². The lowest BCUT2D eigenvalue weighted by molar-refractivity contribution is -0.141. The molecule has 0 saturated heterocycles. The number of amides is 2. The first-order valence-corrected chi connectivity index (χ1v) is 8.10. The summed E-state index contributed by atoms with van der Waals surface area (Å²) in [4.78, 5) is 25.7. The van der Waals surface area contributed by atoms with Gasteiger partial charge in [0.2, 0.25) is 5.91 Å². The second kappa shape index (κ2) is 8.35. The molecule has 0 saturated carbocycles. The zero-order chi connectivity index (χ0) is 16.8. The Labute approximate surface area is 130 Å². The van der Waals surface area contributed by atoms with Gasteiger partial charge in [0.1, 0.15) is 0 Å². The predicted molar refractivity (Wildman–Crippen MR) is 88.8 cm³/mol. The summed E-state index contributed by atoms with van der Waals surface area (Å²) in [5.74, 6) is 0.446. The molecule has 0 aliphatic heterocycles. The molecule has 0 aliphatic carbocycles. The molecule has 0 rings (SSSR count). The molecule has 0 N–H and O–H groups in total. The molecular weight excluding hydrogens is 262 g/mol. The van der Waals surface area contributed by atoms with Crippen LogP contribution in [0.2, 0.25) is 0 Å². The van der Waals surface area contributed by atoms with E-state index >= 15 is 0 Å². The van der Waals surface area contributed by atoms with Crippen molar-refractivity contribution in [3.05, 3.63) is 11.6 Å². The minimum atomic E-state index is -0.178. The van der Waals surface area contributed by atoms with Crippen molar-refractivity contribution in [2.75, 3.05) is 6.54 Å². The molecule has 0 spiro atoms. The van der Waals surface area contributed by atoms with Gasteiger partial charge in [0, 0.05) is 19.0 Å². The average molecular weight is 295 g/mol. The van der Waals surface area contributed by atoms with E-state index in [0.717, 1.165) is 12.8 Å². The number of imide groups is 1. The van der Waals surface area contributed by atoms with E-state index in [1.165, 1.54) is 11.8 Å². The molecule has 122 valence electrons. The second-order valence-electron chi connectivity index (χ2n) is 6.82. The molecule has 0 bridgehead atoms. The Balaban J connectivity index is 5.36. The summed E-state index contributed by atoms with van der Waals surface area (Å²) < 4.78 is 0. The highest BCUT2D eigenvalue weighted by molar-refractivity contribution is 6.03. The summed E-state index contributed by atoms with van der Waals surface area (Å²) >= 11 is 0. The van der Waals surface area contributed by atoms with E-state index in [1.807, 2.05) is 20.8 Å².